The molecule has 3 rings (SSSR count). The molecule has 1 fully saturated rings. The molecular weight excluding hydrogens is 559 g/mol. The van der Waals surface area contributed by atoms with Crippen LogP contribution in [0.15, 0.2) is 48.5 Å². The van der Waals surface area contributed by atoms with Crippen molar-refractivity contribution in [3.8, 4) is 11.3 Å². The normalized spacial score (nSPS) is 18.4. The predicted octanol–water partition coefficient (Wildman–Crippen LogP) is 1.05. The first-order valence-electron chi connectivity index (χ1n) is 13.8. The van der Waals surface area contributed by atoms with Gasteiger partial charge >= 0.3 is 19.1 Å². The van der Waals surface area contributed by atoms with Crippen molar-refractivity contribution in [2.45, 2.75) is 63.7 Å². The van der Waals surface area contributed by atoms with E-state index in [0.717, 1.165) is 5.56 Å². The Kier molecular flexibility index (Phi) is 11.0. The number of aliphatic carboxylic acids is 1. The number of hydrogen-bond donors (Lipinski definition) is 4. The van der Waals surface area contributed by atoms with Crippen molar-refractivity contribution < 1.29 is 43.5 Å². The molecule has 1 aromatic carbocycles. The first-order chi connectivity index (χ1) is 20.2. The maximum Gasteiger partial charge on any atom is 0.552 e. The Hall–Kier alpha value is -4.30. The zero-order chi connectivity index (χ0) is 31.9. The van der Waals surface area contributed by atoms with E-state index in [0.29, 0.717) is 5.69 Å². The quantitative estimate of drug-likeness (QED) is 0.244. The predicted molar refractivity (Wildman–Crippen MR) is 155 cm³/mol. The van der Waals surface area contributed by atoms with Gasteiger partial charge in [0, 0.05) is 19.7 Å². The third-order valence-electron chi connectivity index (χ3n) is 6.79. The number of benzene rings is 1. The summed E-state index contributed by atoms with van der Waals surface area (Å²) in [6.45, 7) is 5.01. The molecule has 13 nitrogen and oxygen atoms in total. The molecule has 1 aromatic heterocycles. The molecule has 43 heavy (non-hydrogen) atoms. The van der Waals surface area contributed by atoms with E-state index in [4.69, 9.17) is 9.31 Å². The summed E-state index contributed by atoms with van der Waals surface area (Å²) in [4.78, 5) is 69.1. The maximum atomic E-state index is 13.4. The minimum absolute atomic E-state index is 0.0237. The molecule has 1 aliphatic heterocycles. The van der Waals surface area contributed by atoms with Crippen molar-refractivity contribution in [3.05, 3.63) is 54.2 Å². The largest absolute Gasteiger partial charge is 0.552 e. The molecule has 4 N–H and O–H groups in total. The highest BCUT2D eigenvalue weighted by molar-refractivity contribution is 6.51. The van der Waals surface area contributed by atoms with E-state index < -0.39 is 73.3 Å². The number of carbonyl (C=O) groups is 5. The lowest BCUT2D eigenvalue weighted by molar-refractivity contribution is -0.155. The number of hydrogen-bond acceptors (Lipinski definition) is 9. The summed E-state index contributed by atoms with van der Waals surface area (Å²) in [6.07, 6.45) is -2.52. The number of carbonyl (C=O) groups excluding carboxylic acids is 4. The highest BCUT2D eigenvalue weighted by atomic mass is 16.7. The molecule has 2 heterocycles. The standard InChI is InChI=1S/C29H37BN4O9/c1-17(2)14-22(30-42-28(41)29(43-30,16-24(37)38)15-23(36)34(4)5)32-27(40)25(18(3)35)33-26(39)21-13-9-12-20(31-21)19-10-7-6-8-11-19/h6-13,17-18,22,25,35H,14-16H2,1-5H3,(H,32,40)(H,33,39)(H,37,38)/t18-,22+,25?,29+/m1/s1. The van der Waals surface area contributed by atoms with Crippen LogP contribution in [-0.2, 0) is 28.5 Å². The van der Waals surface area contributed by atoms with E-state index in [1.165, 1.54) is 32.0 Å². The molecule has 2 aromatic rings. The average molecular weight is 596 g/mol. The first-order valence-corrected chi connectivity index (χ1v) is 13.8. The Morgan fingerprint density at radius 1 is 1.00 bits per heavy atom. The van der Waals surface area contributed by atoms with Crippen LogP contribution >= 0.6 is 0 Å². The lowest BCUT2D eigenvalue weighted by atomic mass is 9.73. The third-order valence-corrected chi connectivity index (χ3v) is 6.79. The van der Waals surface area contributed by atoms with Crippen LogP contribution < -0.4 is 10.6 Å². The van der Waals surface area contributed by atoms with Gasteiger partial charge in [0.2, 0.25) is 11.8 Å². The molecule has 1 saturated heterocycles. The molecule has 0 radical (unpaired) electrons. The number of aliphatic hydroxyl groups is 1. The van der Waals surface area contributed by atoms with Crippen LogP contribution in [0, 0.1) is 5.92 Å². The van der Waals surface area contributed by atoms with Crippen LogP contribution in [0.4, 0.5) is 0 Å². The Balaban J connectivity index is 1.80. The van der Waals surface area contributed by atoms with Crippen molar-refractivity contribution in [1.29, 1.82) is 0 Å². The second-order valence-corrected chi connectivity index (χ2v) is 11.1. The highest BCUT2D eigenvalue weighted by Gasteiger charge is 2.58. The summed E-state index contributed by atoms with van der Waals surface area (Å²) in [6, 6.07) is 12.6. The number of amides is 3. The van der Waals surface area contributed by atoms with Gasteiger partial charge in [0.15, 0.2) is 5.60 Å². The van der Waals surface area contributed by atoms with Gasteiger partial charge < -0.3 is 35.1 Å². The van der Waals surface area contributed by atoms with E-state index in [1.54, 1.807) is 12.1 Å². The molecule has 230 valence electrons. The lowest BCUT2D eigenvalue weighted by Crippen LogP contribution is -2.58. The number of carboxylic acids is 1. The molecule has 0 bridgehead atoms. The zero-order valence-electron chi connectivity index (χ0n) is 24.8. The summed E-state index contributed by atoms with van der Waals surface area (Å²) in [7, 11) is 1.48. The lowest BCUT2D eigenvalue weighted by Gasteiger charge is -2.28. The fourth-order valence-corrected chi connectivity index (χ4v) is 4.58. The number of nitrogens with one attached hydrogen (secondary N) is 2. The van der Waals surface area contributed by atoms with Gasteiger partial charge in [-0.1, -0.05) is 50.2 Å². The molecule has 14 heteroatoms. The van der Waals surface area contributed by atoms with Crippen LogP contribution in [-0.4, -0.2) is 94.7 Å². The number of pyridine rings is 1. The SMILES string of the molecule is CC(C)C[C@H](NC(=O)C(NC(=O)c1cccc(-c2ccccc2)n1)[C@@H](C)O)B1OC(=O)[C@@](CC(=O)O)(CC(=O)N(C)C)O1. The highest BCUT2D eigenvalue weighted by Crippen LogP contribution is 2.33. The van der Waals surface area contributed by atoms with Gasteiger partial charge in [-0.25, -0.2) is 4.98 Å². The van der Waals surface area contributed by atoms with Crippen LogP contribution in [0.5, 0.6) is 0 Å². The van der Waals surface area contributed by atoms with Crippen molar-refractivity contribution >= 4 is 36.8 Å². The molecule has 1 unspecified atom stereocenters. The molecule has 1 aliphatic rings. The molecule has 0 spiro atoms. The van der Waals surface area contributed by atoms with Gasteiger partial charge in [0.05, 0.1) is 30.6 Å². The minimum atomic E-state index is -2.09. The first kappa shape index (κ1) is 33.2. The zero-order valence-corrected chi connectivity index (χ0v) is 24.8. The third kappa shape index (κ3) is 8.61. The van der Waals surface area contributed by atoms with Gasteiger partial charge in [-0.15, -0.1) is 0 Å². The average Bonchev–Trinajstić information content (AvgIpc) is 3.25. The monoisotopic (exact) mass is 596 g/mol. The van der Waals surface area contributed by atoms with Crippen LogP contribution in [0.25, 0.3) is 11.3 Å². The van der Waals surface area contributed by atoms with Gasteiger partial charge in [0.25, 0.3) is 5.91 Å². The molecule has 0 aliphatic carbocycles. The number of carboxylic acid groups (broad SMARTS) is 1. The number of rotatable bonds is 13. The smallest absolute Gasteiger partial charge is 0.506 e. The van der Waals surface area contributed by atoms with E-state index >= 15 is 0 Å². The van der Waals surface area contributed by atoms with E-state index in [1.807, 2.05) is 44.2 Å². The van der Waals surface area contributed by atoms with Crippen molar-refractivity contribution in [2.75, 3.05) is 14.1 Å². The minimum Gasteiger partial charge on any atom is -0.506 e. The van der Waals surface area contributed by atoms with E-state index in [2.05, 4.69) is 15.6 Å². The number of aromatic nitrogens is 1. The van der Waals surface area contributed by atoms with E-state index in [9.17, 15) is 34.2 Å². The maximum absolute atomic E-state index is 13.4. The van der Waals surface area contributed by atoms with Crippen molar-refractivity contribution in [2.24, 2.45) is 5.92 Å². The molecule has 4 atom stereocenters. The number of aliphatic hydroxyl groups excluding tert-OH is 1. The number of nitrogens with zero attached hydrogens (tertiary/aromatic N) is 2. The molecule has 3 amide bonds. The Labute approximate surface area is 250 Å². The summed E-state index contributed by atoms with van der Waals surface area (Å²) >= 11 is 0. The molecular formula is C29H37BN4O9. The summed E-state index contributed by atoms with van der Waals surface area (Å²) in [5.74, 6) is -5.53. The topological polar surface area (TPSA) is 184 Å². The second kappa shape index (κ2) is 14.3. The second-order valence-electron chi connectivity index (χ2n) is 11.1. The van der Waals surface area contributed by atoms with Gasteiger partial charge in [-0.3, -0.25) is 24.0 Å². The molecule has 0 saturated carbocycles. The van der Waals surface area contributed by atoms with Gasteiger partial charge in [0.1, 0.15) is 11.7 Å². The van der Waals surface area contributed by atoms with Gasteiger partial charge in [-0.05, 0) is 31.4 Å². The fourth-order valence-electron chi connectivity index (χ4n) is 4.58. The summed E-state index contributed by atoms with van der Waals surface area (Å²) in [5.41, 5.74) is -0.738. The Morgan fingerprint density at radius 3 is 2.26 bits per heavy atom. The van der Waals surface area contributed by atoms with Gasteiger partial charge in [-0.2, -0.15) is 0 Å². The Bertz CT molecular complexity index is 1340. The Morgan fingerprint density at radius 2 is 1.67 bits per heavy atom. The van der Waals surface area contributed by atoms with Crippen LogP contribution in [0.3, 0.4) is 0 Å². The van der Waals surface area contributed by atoms with E-state index in [-0.39, 0.29) is 18.0 Å². The summed E-state index contributed by atoms with van der Waals surface area (Å²) in [5, 5.41) is 25.1. The van der Waals surface area contributed by atoms with Crippen LogP contribution in [0.1, 0.15) is 50.5 Å². The van der Waals surface area contributed by atoms with Crippen LogP contribution in [0.2, 0.25) is 0 Å². The van der Waals surface area contributed by atoms with Crippen molar-refractivity contribution in [1.82, 2.24) is 20.5 Å². The fraction of sp³-hybridized carbons (Fsp3) is 0.448. The summed E-state index contributed by atoms with van der Waals surface area (Å²) < 4.78 is 11.2. The van der Waals surface area contributed by atoms with Crippen molar-refractivity contribution in [3.63, 3.8) is 0 Å².